The van der Waals surface area contributed by atoms with E-state index in [9.17, 15) is 5.11 Å². The minimum atomic E-state index is -0.145. The first-order chi connectivity index (χ1) is 8.23. The maximum absolute atomic E-state index is 9.47. The van der Waals surface area contributed by atoms with Crippen molar-refractivity contribution < 1.29 is 5.11 Å². The van der Waals surface area contributed by atoms with Crippen molar-refractivity contribution in [3.8, 4) is 0 Å². The summed E-state index contributed by atoms with van der Waals surface area (Å²) in [6.07, 6.45) is 2.32. The molecule has 0 spiro atoms. The van der Waals surface area contributed by atoms with E-state index in [-0.39, 0.29) is 12.1 Å². The zero-order valence-corrected chi connectivity index (χ0v) is 13.5. The van der Waals surface area contributed by atoms with Gasteiger partial charge in [-0.15, -0.1) is 0 Å². The summed E-state index contributed by atoms with van der Waals surface area (Å²) in [4.78, 5) is 2.29. The largest absolute Gasteiger partial charge is 0.394 e. The van der Waals surface area contributed by atoms with Crippen LogP contribution in [0.15, 0.2) is 0 Å². The number of aliphatic hydroxyl groups is 1. The highest BCUT2D eigenvalue weighted by Gasteiger charge is 2.32. The van der Waals surface area contributed by atoms with E-state index >= 15 is 0 Å². The first-order valence-corrected chi connectivity index (χ1v) is 7.28. The summed E-state index contributed by atoms with van der Waals surface area (Å²) in [5.41, 5.74) is 0.152. The smallest absolute Gasteiger partial charge is 0.0609 e. The summed E-state index contributed by atoms with van der Waals surface area (Å²) < 4.78 is 0. The van der Waals surface area contributed by atoms with Crippen LogP contribution in [0.3, 0.4) is 0 Å². The molecule has 18 heavy (non-hydrogen) atoms. The minimum Gasteiger partial charge on any atom is -0.394 e. The molecule has 0 bridgehead atoms. The van der Waals surface area contributed by atoms with Crippen molar-refractivity contribution in [2.24, 2.45) is 5.41 Å². The van der Waals surface area contributed by atoms with Crippen molar-refractivity contribution in [3.05, 3.63) is 0 Å². The SMILES string of the molecule is CCC(CC)(CNC(C)C)CN(C)C(C)(C)CO. The first kappa shape index (κ1) is 17.9. The average Bonchev–Trinajstić information content (AvgIpc) is 2.34. The van der Waals surface area contributed by atoms with E-state index in [1.165, 1.54) is 0 Å². The number of likely N-dealkylation sites (N-methyl/N-ethyl adjacent to an activating group) is 1. The molecule has 2 N–H and O–H groups in total. The second-order valence-corrected chi connectivity index (χ2v) is 6.57. The lowest BCUT2D eigenvalue weighted by Gasteiger charge is -2.42. The van der Waals surface area contributed by atoms with Crippen LogP contribution >= 0.6 is 0 Å². The van der Waals surface area contributed by atoms with Gasteiger partial charge >= 0.3 is 0 Å². The van der Waals surface area contributed by atoms with Crippen molar-refractivity contribution >= 4 is 0 Å². The van der Waals surface area contributed by atoms with Gasteiger partial charge in [-0.05, 0) is 39.2 Å². The molecule has 0 saturated heterocycles. The molecule has 0 rings (SSSR count). The van der Waals surface area contributed by atoms with Crippen molar-refractivity contribution in [2.75, 3.05) is 26.7 Å². The van der Waals surface area contributed by atoms with Crippen LogP contribution in [0, 0.1) is 5.41 Å². The van der Waals surface area contributed by atoms with Gasteiger partial charge in [0.25, 0.3) is 0 Å². The predicted octanol–water partition coefficient (Wildman–Crippen LogP) is 2.49. The molecule has 0 unspecified atom stereocenters. The fourth-order valence-corrected chi connectivity index (χ4v) is 2.04. The van der Waals surface area contributed by atoms with Crippen molar-refractivity contribution in [1.29, 1.82) is 0 Å². The molecule has 0 heterocycles. The number of rotatable bonds is 9. The van der Waals surface area contributed by atoms with Gasteiger partial charge in [0.05, 0.1) is 6.61 Å². The normalized spacial score (nSPS) is 13.7. The van der Waals surface area contributed by atoms with Crippen LogP contribution in [0.5, 0.6) is 0 Å². The lowest BCUT2D eigenvalue weighted by atomic mass is 9.80. The van der Waals surface area contributed by atoms with E-state index in [0.717, 1.165) is 25.9 Å². The highest BCUT2D eigenvalue weighted by Crippen LogP contribution is 2.29. The fourth-order valence-electron chi connectivity index (χ4n) is 2.04. The van der Waals surface area contributed by atoms with Gasteiger partial charge < -0.3 is 10.4 Å². The molecule has 0 aliphatic heterocycles. The summed E-state index contributed by atoms with van der Waals surface area (Å²) in [6, 6.07) is 0.527. The monoisotopic (exact) mass is 258 g/mol. The quantitative estimate of drug-likeness (QED) is 0.667. The molecule has 0 radical (unpaired) electrons. The summed E-state index contributed by atoms with van der Waals surface area (Å²) >= 11 is 0. The van der Waals surface area contributed by atoms with E-state index in [2.05, 4.69) is 58.8 Å². The molecule has 0 atom stereocenters. The zero-order chi connectivity index (χ0) is 14.4. The third-order valence-corrected chi connectivity index (χ3v) is 4.38. The van der Waals surface area contributed by atoms with Crippen molar-refractivity contribution in [3.63, 3.8) is 0 Å². The van der Waals surface area contributed by atoms with E-state index in [4.69, 9.17) is 0 Å². The number of nitrogens with zero attached hydrogens (tertiary/aromatic N) is 1. The predicted molar refractivity (Wildman–Crippen MR) is 79.9 cm³/mol. The molecule has 0 aromatic heterocycles. The molecule has 0 aliphatic carbocycles. The molecule has 0 fully saturated rings. The molecule has 0 saturated carbocycles. The summed E-state index contributed by atoms with van der Waals surface area (Å²) in [7, 11) is 2.12. The molecular formula is C15H34N2O. The van der Waals surface area contributed by atoms with Crippen molar-refractivity contribution in [1.82, 2.24) is 10.2 Å². The Bertz CT molecular complexity index is 223. The Morgan fingerprint density at radius 1 is 1.17 bits per heavy atom. The molecule has 0 aliphatic rings. The van der Waals surface area contributed by atoms with Crippen LogP contribution in [0.2, 0.25) is 0 Å². The maximum Gasteiger partial charge on any atom is 0.0609 e. The highest BCUT2D eigenvalue weighted by molar-refractivity contribution is 4.88. The summed E-state index contributed by atoms with van der Waals surface area (Å²) in [5, 5.41) is 13.0. The van der Waals surface area contributed by atoms with Crippen LogP contribution in [-0.4, -0.2) is 48.3 Å². The molecule has 0 aromatic carbocycles. The van der Waals surface area contributed by atoms with E-state index in [1.54, 1.807) is 0 Å². The van der Waals surface area contributed by atoms with Gasteiger partial charge in [-0.25, -0.2) is 0 Å². The van der Waals surface area contributed by atoms with Crippen LogP contribution in [-0.2, 0) is 0 Å². The molecule has 3 heteroatoms. The summed E-state index contributed by atoms with van der Waals surface area (Å²) in [5.74, 6) is 0. The Morgan fingerprint density at radius 2 is 1.67 bits per heavy atom. The summed E-state index contributed by atoms with van der Waals surface area (Å²) in [6.45, 7) is 15.4. The maximum atomic E-state index is 9.47. The lowest BCUT2D eigenvalue weighted by molar-refractivity contribution is 0.0362. The average molecular weight is 258 g/mol. The number of hydrogen-bond acceptors (Lipinski definition) is 3. The van der Waals surface area contributed by atoms with Gasteiger partial charge in [-0.1, -0.05) is 27.7 Å². The Kier molecular flexibility index (Phi) is 7.41. The topological polar surface area (TPSA) is 35.5 Å². The first-order valence-electron chi connectivity index (χ1n) is 7.28. The van der Waals surface area contributed by atoms with E-state index in [0.29, 0.717) is 11.5 Å². The Labute approximate surface area is 114 Å². The zero-order valence-electron chi connectivity index (χ0n) is 13.5. The number of aliphatic hydroxyl groups excluding tert-OH is 1. The van der Waals surface area contributed by atoms with Gasteiger partial charge in [0.1, 0.15) is 0 Å². The van der Waals surface area contributed by atoms with Crippen LogP contribution in [0.25, 0.3) is 0 Å². The Hall–Kier alpha value is -0.120. The third-order valence-electron chi connectivity index (χ3n) is 4.38. The van der Waals surface area contributed by atoms with E-state index < -0.39 is 0 Å². The van der Waals surface area contributed by atoms with Gasteiger partial charge in [-0.2, -0.15) is 0 Å². The second kappa shape index (κ2) is 7.46. The lowest BCUT2D eigenvalue weighted by Crippen LogP contribution is -2.52. The second-order valence-electron chi connectivity index (χ2n) is 6.57. The number of hydrogen-bond donors (Lipinski definition) is 2. The molecule has 110 valence electrons. The molecular weight excluding hydrogens is 224 g/mol. The number of nitrogens with one attached hydrogen (secondary N) is 1. The molecule has 3 nitrogen and oxygen atoms in total. The Balaban J connectivity index is 4.69. The van der Waals surface area contributed by atoms with Crippen molar-refractivity contribution in [2.45, 2.75) is 66.0 Å². The third kappa shape index (κ3) is 5.25. The van der Waals surface area contributed by atoms with Gasteiger partial charge in [-0.3, -0.25) is 4.90 Å². The van der Waals surface area contributed by atoms with Gasteiger partial charge in [0.15, 0.2) is 0 Å². The highest BCUT2D eigenvalue weighted by atomic mass is 16.3. The minimum absolute atomic E-state index is 0.145. The van der Waals surface area contributed by atoms with Crippen LogP contribution in [0.4, 0.5) is 0 Å². The van der Waals surface area contributed by atoms with Gasteiger partial charge in [0.2, 0.25) is 0 Å². The van der Waals surface area contributed by atoms with Gasteiger partial charge in [0, 0.05) is 24.7 Å². The van der Waals surface area contributed by atoms with Crippen LogP contribution in [0.1, 0.15) is 54.4 Å². The molecule has 0 amide bonds. The fraction of sp³-hybridized carbons (Fsp3) is 1.00. The molecule has 0 aromatic rings. The van der Waals surface area contributed by atoms with E-state index in [1.807, 2.05) is 0 Å². The van der Waals surface area contributed by atoms with Crippen LogP contribution < -0.4 is 5.32 Å². The standard InChI is InChI=1S/C15H34N2O/c1-8-15(9-2,10-16-13(3)4)11-17(7)14(5,6)12-18/h13,16,18H,8-12H2,1-7H3. The Morgan fingerprint density at radius 3 is 2.00 bits per heavy atom.